The van der Waals surface area contributed by atoms with Gasteiger partial charge in [0, 0.05) is 0 Å². The van der Waals surface area contributed by atoms with Crippen molar-refractivity contribution in [1.29, 1.82) is 0 Å². The summed E-state index contributed by atoms with van der Waals surface area (Å²) in [6.07, 6.45) is 9.62. The fourth-order valence-electron chi connectivity index (χ4n) is 6.38. The Morgan fingerprint density at radius 3 is 1.21 bits per heavy atom. The molecule has 0 atom stereocenters. The highest BCUT2D eigenvalue weighted by molar-refractivity contribution is 5.73. The van der Waals surface area contributed by atoms with Crippen LogP contribution in [0, 0.1) is 29.1 Å². The molecule has 0 spiro atoms. The van der Waals surface area contributed by atoms with Gasteiger partial charge in [-0.25, -0.2) is 13.2 Å². The molecule has 0 saturated heterocycles. The Hall–Kier alpha value is -4.65. The standard InChI is InChI=1S/C46H49F5O2/c1-3-5-7-9-27-52-41-25-23-36(43(48)45(41)50)21-15-32-11-17-34(18-12-32)38-29-39(31-40(47)30-38)35-19-13-33(14-20-35)16-22-37-24-26-42(46(51)44(37)49)53-28-10-8-6-4-2/h11-14,17-20,23-26,29-31H,3-10,15-16,21-22,27-28H2,1-2H3. The van der Waals surface area contributed by atoms with E-state index in [4.69, 9.17) is 9.47 Å². The molecule has 0 aliphatic heterocycles. The average Bonchev–Trinajstić information content (AvgIpc) is 3.17. The third kappa shape index (κ3) is 11.2. The number of aryl methyl sites for hydroxylation is 4. The van der Waals surface area contributed by atoms with E-state index >= 15 is 0 Å². The summed E-state index contributed by atoms with van der Waals surface area (Å²) in [7, 11) is 0. The topological polar surface area (TPSA) is 18.5 Å². The summed E-state index contributed by atoms with van der Waals surface area (Å²) < 4.78 is 84.7. The van der Waals surface area contributed by atoms with Crippen molar-refractivity contribution in [2.75, 3.05) is 13.2 Å². The highest BCUT2D eigenvalue weighted by Crippen LogP contribution is 2.30. The van der Waals surface area contributed by atoms with Crippen molar-refractivity contribution < 1.29 is 31.4 Å². The van der Waals surface area contributed by atoms with Gasteiger partial charge in [0.15, 0.2) is 23.1 Å². The summed E-state index contributed by atoms with van der Waals surface area (Å²) in [4.78, 5) is 0. The fourth-order valence-corrected chi connectivity index (χ4v) is 6.38. The second kappa shape index (κ2) is 20.0. The molecular weight excluding hydrogens is 679 g/mol. The van der Waals surface area contributed by atoms with Gasteiger partial charge in [0.1, 0.15) is 5.82 Å². The first-order chi connectivity index (χ1) is 25.8. The van der Waals surface area contributed by atoms with Gasteiger partial charge in [-0.05, 0) is 113 Å². The van der Waals surface area contributed by atoms with Crippen molar-refractivity contribution in [3.05, 3.63) is 142 Å². The Balaban J connectivity index is 1.16. The maximum Gasteiger partial charge on any atom is 0.200 e. The molecule has 280 valence electrons. The van der Waals surface area contributed by atoms with Gasteiger partial charge in [-0.3, -0.25) is 0 Å². The van der Waals surface area contributed by atoms with Gasteiger partial charge in [0.05, 0.1) is 13.2 Å². The van der Waals surface area contributed by atoms with Crippen LogP contribution in [0.1, 0.15) is 87.5 Å². The van der Waals surface area contributed by atoms with E-state index in [9.17, 15) is 22.0 Å². The Morgan fingerprint density at radius 1 is 0.396 bits per heavy atom. The summed E-state index contributed by atoms with van der Waals surface area (Å²) in [6.45, 7) is 4.94. The van der Waals surface area contributed by atoms with Gasteiger partial charge in [0.2, 0.25) is 11.6 Å². The van der Waals surface area contributed by atoms with Crippen LogP contribution in [-0.2, 0) is 25.7 Å². The Bertz CT molecular complexity index is 1770. The quantitative estimate of drug-likeness (QED) is 0.0587. The van der Waals surface area contributed by atoms with Crippen LogP contribution in [0.25, 0.3) is 22.3 Å². The summed E-state index contributed by atoms with van der Waals surface area (Å²) in [5.74, 6) is -4.12. The van der Waals surface area contributed by atoms with Crippen LogP contribution in [0.3, 0.4) is 0 Å². The first-order valence-corrected chi connectivity index (χ1v) is 19.0. The fraction of sp³-hybridized carbons (Fsp3) is 0.348. The predicted octanol–water partition coefficient (Wildman–Crippen LogP) is 13.2. The monoisotopic (exact) mass is 728 g/mol. The minimum absolute atomic E-state index is 0.0526. The van der Waals surface area contributed by atoms with Crippen LogP contribution in [0.5, 0.6) is 11.5 Å². The number of halogens is 5. The minimum atomic E-state index is -0.947. The lowest BCUT2D eigenvalue weighted by Gasteiger charge is -2.11. The largest absolute Gasteiger partial charge is 0.490 e. The molecule has 0 aliphatic carbocycles. The van der Waals surface area contributed by atoms with Gasteiger partial charge in [0.25, 0.3) is 0 Å². The highest BCUT2D eigenvalue weighted by atomic mass is 19.2. The maximum atomic E-state index is 14.9. The Labute approximate surface area is 311 Å². The molecule has 0 aromatic heterocycles. The summed E-state index contributed by atoms with van der Waals surface area (Å²) in [6, 6.07) is 26.3. The van der Waals surface area contributed by atoms with Gasteiger partial charge >= 0.3 is 0 Å². The van der Waals surface area contributed by atoms with Gasteiger partial charge in [-0.15, -0.1) is 0 Å². The number of hydrogen-bond donors (Lipinski definition) is 0. The number of rotatable bonds is 20. The zero-order valence-electron chi connectivity index (χ0n) is 30.8. The number of ether oxygens (including phenoxy) is 2. The molecule has 5 aromatic carbocycles. The number of benzene rings is 5. The van der Waals surface area contributed by atoms with Crippen molar-refractivity contribution in [1.82, 2.24) is 0 Å². The van der Waals surface area contributed by atoms with E-state index in [1.807, 2.05) is 54.6 Å². The van der Waals surface area contributed by atoms with Crippen LogP contribution >= 0.6 is 0 Å². The zero-order chi connectivity index (χ0) is 37.6. The molecule has 0 unspecified atom stereocenters. The normalized spacial score (nSPS) is 11.2. The summed E-state index contributed by atoms with van der Waals surface area (Å²) >= 11 is 0. The third-order valence-electron chi connectivity index (χ3n) is 9.60. The summed E-state index contributed by atoms with van der Waals surface area (Å²) in [5, 5.41) is 0. The molecule has 7 heteroatoms. The molecule has 0 aliphatic rings. The molecule has 0 bridgehead atoms. The molecule has 5 rings (SSSR count). The highest BCUT2D eigenvalue weighted by Gasteiger charge is 2.16. The molecule has 0 radical (unpaired) electrons. The van der Waals surface area contributed by atoms with E-state index in [-0.39, 0.29) is 17.3 Å². The second-order valence-corrected chi connectivity index (χ2v) is 13.6. The van der Waals surface area contributed by atoms with Gasteiger partial charge in [-0.1, -0.05) is 113 Å². The molecule has 0 heterocycles. The van der Waals surface area contributed by atoms with Crippen molar-refractivity contribution in [3.63, 3.8) is 0 Å². The van der Waals surface area contributed by atoms with Crippen LogP contribution in [0.4, 0.5) is 22.0 Å². The SMILES string of the molecule is CCCCCCOc1ccc(CCc2ccc(-c3cc(F)cc(-c4ccc(CCc5ccc(OCCCCCC)c(F)c5F)cc4)c3)cc2)c(F)c1F. The molecule has 0 saturated carbocycles. The van der Waals surface area contributed by atoms with E-state index in [0.29, 0.717) is 61.2 Å². The first-order valence-electron chi connectivity index (χ1n) is 19.0. The zero-order valence-corrected chi connectivity index (χ0v) is 30.8. The van der Waals surface area contributed by atoms with E-state index in [0.717, 1.165) is 73.6 Å². The van der Waals surface area contributed by atoms with E-state index in [2.05, 4.69) is 13.8 Å². The summed E-state index contributed by atoms with van der Waals surface area (Å²) in [5.41, 5.74) is 5.54. The smallest absolute Gasteiger partial charge is 0.200 e. The third-order valence-corrected chi connectivity index (χ3v) is 9.60. The molecule has 5 aromatic rings. The molecule has 0 amide bonds. The van der Waals surface area contributed by atoms with Crippen molar-refractivity contribution in [2.24, 2.45) is 0 Å². The lowest BCUT2D eigenvalue weighted by Crippen LogP contribution is -2.03. The number of hydrogen-bond acceptors (Lipinski definition) is 2. The van der Waals surface area contributed by atoms with Crippen LogP contribution in [0.15, 0.2) is 91.0 Å². The molecule has 2 nitrogen and oxygen atoms in total. The molecular formula is C46H49F5O2. The van der Waals surface area contributed by atoms with E-state index in [1.165, 1.54) is 24.3 Å². The second-order valence-electron chi connectivity index (χ2n) is 13.6. The lowest BCUT2D eigenvalue weighted by atomic mass is 9.96. The van der Waals surface area contributed by atoms with Crippen molar-refractivity contribution in [3.8, 4) is 33.8 Å². The van der Waals surface area contributed by atoms with Crippen LogP contribution in [0.2, 0.25) is 0 Å². The lowest BCUT2D eigenvalue weighted by molar-refractivity contribution is 0.284. The molecule has 53 heavy (non-hydrogen) atoms. The first kappa shape index (κ1) is 39.6. The molecule has 0 fully saturated rings. The van der Waals surface area contributed by atoms with Gasteiger partial charge in [-0.2, -0.15) is 8.78 Å². The van der Waals surface area contributed by atoms with E-state index in [1.54, 1.807) is 12.1 Å². The Kier molecular flexibility index (Phi) is 14.9. The van der Waals surface area contributed by atoms with E-state index < -0.39 is 23.3 Å². The predicted molar refractivity (Wildman–Crippen MR) is 204 cm³/mol. The van der Waals surface area contributed by atoms with Gasteiger partial charge < -0.3 is 9.47 Å². The van der Waals surface area contributed by atoms with Crippen LogP contribution < -0.4 is 9.47 Å². The minimum Gasteiger partial charge on any atom is -0.490 e. The average molecular weight is 729 g/mol. The van der Waals surface area contributed by atoms with Crippen molar-refractivity contribution >= 4 is 0 Å². The Morgan fingerprint density at radius 2 is 0.811 bits per heavy atom. The number of unbranched alkanes of at least 4 members (excludes halogenated alkanes) is 6. The van der Waals surface area contributed by atoms with Crippen LogP contribution in [-0.4, -0.2) is 13.2 Å². The maximum absolute atomic E-state index is 14.9. The molecule has 0 N–H and O–H groups in total. The van der Waals surface area contributed by atoms with Crippen molar-refractivity contribution in [2.45, 2.75) is 90.9 Å².